The fourth-order valence-electron chi connectivity index (χ4n) is 2.03. The smallest absolute Gasteiger partial charge is 0.129 e. The molecule has 1 N–H and O–H groups in total. The molecule has 1 aliphatic heterocycles. The molecule has 0 spiro atoms. The zero-order chi connectivity index (χ0) is 11.4. The van der Waals surface area contributed by atoms with E-state index in [1.54, 1.807) is 6.07 Å². The zero-order valence-corrected chi connectivity index (χ0v) is 9.22. The molecular formula is C12H16N2O2. The molecule has 16 heavy (non-hydrogen) atoms. The van der Waals surface area contributed by atoms with Crippen molar-refractivity contribution in [3.05, 3.63) is 23.7 Å². The normalized spacial score (nSPS) is 18.5. The van der Waals surface area contributed by atoms with Crippen LogP contribution in [0.15, 0.2) is 16.5 Å². The highest BCUT2D eigenvalue weighted by molar-refractivity contribution is 5.06. The highest BCUT2D eigenvalue weighted by Gasteiger charge is 2.19. The third-order valence-electron chi connectivity index (χ3n) is 3.02. The molecule has 0 aromatic carbocycles. The number of nitriles is 1. The van der Waals surface area contributed by atoms with Crippen LogP contribution in [0.1, 0.15) is 24.4 Å². The molecule has 4 heteroatoms. The van der Waals surface area contributed by atoms with Crippen LogP contribution >= 0.6 is 0 Å². The van der Waals surface area contributed by atoms with Gasteiger partial charge in [0.15, 0.2) is 0 Å². The van der Waals surface area contributed by atoms with Gasteiger partial charge in [-0.15, -0.1) is 0 Å². The lowest BCUT2D eigenvalue weighted by Crippen LogP contribution is -2.32. The molecule has 1 aliphatic rings. The number of aliphatic hydroxyl groups excluding tert-OH is 1. The van der Waals surface area contributed by atoms with E-state index in [2.05, 4.69) is 11.0 Å². The van der Waals surface area contributed by atoms with Gasteiger partial charge < -0.3 is 9.52 Å². The Hall–Kier alpha value is -1.31. The Bertz CT molecular complexity index is 373. The van der Waals surface area contributed by atoms with E-state index in [4.69, 9.17) is 14.8 Å². The molecular weight excluding hydrogens is 204 g/mol. The molecule has 0 saturated carbocycles. The van der Waals surface area contributed by atoms with E-state index in [0.29, 0.717) is 5.76 Å². The number of piperidine rings is 1. The first-order valence-electron chi connectivity index (χ1n) is 5.62. The van der Waals surface area contributed by atoms with Gasteiger partial charge in [0.05, 0.1) is 12.6 Å². The second-order valence-electron chi connectivity index (χ2n) is 4.21. The van der Waals surface area contributed by atoms with Crippen molar-refractivity contribution in [2.45, 2.75) is 26.0 Å². The van der Waals surface area contributed by atoms with Gasteiger partial charge in [-0.2, -0.15) is 5.26 Å². The fraction of sp³-hybridized carbons (Fsp3) is 0.583. The molecule has 0 amide bonds. The molecule has 1 aromatic rings. The van der Waals surface area contributed by atoms with Crippen molar-refractivity contribution in [3.63, 3.8) is 0 Å². The fourth-order valence-corrected chi connectivity index (χ4v) is 2.03. The van der Waals surface area contributed by atoms with Crippen LogP contribution in [0.4, 0.5) is 0 Å². The van der Waals surface area contributed by atoms with Crippen LogP contribution in [0.25, 0.3) is 0 Å². The monoisotopic (exact) mass is 220 g/mol. The van der Waals surface area contributed by atoms with E-state index in [9.17, 15) is 0 Å². The SMILES string of the molecule is N#CC1CCN(Cc2ccc(CO)o2)CC1. The van der Waals surface area contributed by atoms with Crippen LogP contribution < -0.4 is 0 Å². The largest absolute Gasteiger partial charge is 0.462 e. The van der Waals surface area contributed by atoms with Crippen molar-refractivity contribution in [2.24, 2.45) is 5.92 Å². The predicted molar refractivity (Wildman–Crippen MR) is 58.2 cm³/mol. The first-order chi connectivity index (χ1) is 7.81. The summed E-state index contributed by atoms with van der Waals surface area (Å²) < 4.78 is 5.43. The first kappa shape index (κ1) is 11.2. The zero-order valence-electron chi connectivity index (χ0n) is 9.22. The van der Waals surface area contributed by atoms with Crippen LogP contribution in [-0.2, 0) is 13.2 Å². The molecule has 0 unspecified atom stereocenters. The van der Waals surface area contributed by atoms with Crippen molar-refractivity contribution in [1.29, 1.82) is 5.26 Å². The second kappa shape index (κ2) is 5.15. The molecule has 4 nitrogen and oxygen atoms in total. The molecule has 2 rings (SSSR count). The number of furan rings is 1. The van der Waals surface area contributed by atoms with E-state index < -0.39 is 0 Å². The number of likely N-dealkylation sites (tertiary alicyclic amines) is 1. The van der Waals surface area contributed by atoms with E-state index in [0.717, 1.165) is 38.2 Å². The average molecular weight is 220 g/mol. The lowest BCUT2D eigenvalue weighted by atomic mass is 9.99. The van der Waals surface area contributed by atoms with Crippen LogP contribution in [-0.4, -0.2) is 23.1 Å². The minimum absolute atomic E-state index is 0.0451. The molecule has 0 aliphatic carbocycles. The number of nitrogens with zero attached hydrogens (tertiary/aromatic N) is 2. The molecule has 1 saturated heterocycles. The summed E-state index contributed by atoms with van der Waals surface area (Å²) in [5, 5.41) is 17.7. The Labute approximate surface area is 95.1 Å². The summed E-state index contributed by atoms with van der Waals surface area (Å²) in [6.45, 7) is 2.63. The van der Waals surface area contributed by atoms with Crippen molar-refractivity contribution < 1.29 is 9.52 Å². The van der Waals surface area contributed by atoms with Gasteiger partial charge in [0.2, 0.25) is 0 Å². The third kappa shape index (κ3) is 2.63. The van der Waals surface area contributed by atoms with E-state index in [-0.39, 0.29) is 12.5 Å². The van der Waals surface area contributed by atoms with Gasteiger partial charge >= 0.3 is 0 Å². The minimum Gasteiger partial charge on any atom is -0.462 e. The summed E-state index contributed by atoms with van der Waals surface area (Å²) in [5.41, 5.74) is 0. The summed E-state index contributed by atoms with van der Waals surface area (Å²) in [4.78, 5) is 2.29. The number of hydrogen-bond acceptors (Lipinski definition) is 4. The van der Waals surface area contributed by atoms with Gasteiger partial charge in [-0.3, -0.25) is 4.90 Å². The predicted octanol–water partition coefficient (Wildman–Crippen LogP) is 1.51. The van der Waals surface area contributed by atoms with E-state index in [1.165, 1.54) is 0 Å². The van der Waals surface area contributed by atoms with Crippen molar-refractivity contribution in [2.75, 3.05) is 13.1 Å². The Morgan fingerprint density at radius 3 is 2.62 bits per heavy atom. The van der Waals surface area contributed by atoms with Gasteiger partial charge in [0, 0.05) is 5.92 Å². The molecule has 0 atom stereocenters. The van der Waals surface area contributed by atoms with Gasteiger partial charge in [0.25, 0.3) is 0 Å². The highest BCUT2D eigenvalue weighted by Crippen LogP contribution is 2.19. The summed E-state index contributed by atoms with van der Waals surface area (Å²) in [6.07, 6.45) is 1.90. The van der Waals surface area contributed by atoms with Crippen LogP contribution in [0.3, 0.4) is 0 Å². The Morgan fingerprint density at radius 2 is 2.06 bits per heavy atom. The van der Waals surface area contributed by atoms with E-state index in [1.807, 2.05) is 6.07 Å². The van der Waals surface area contributed by atoms with Gasteiger partial charge in [-0.25, -0.2) is 0 Å². The molecule has 0 radical (unpaired) electrons. The van der Waals surface area contributed by atoms with Crippen molar-refractivity contribution >= 4 is 0 Å². The van der Waals surface area contributed by atoms with Crippen molar-refractivity contribution in [3.8, 4) is 6.07 Å². The van der Waals surface area contributed by atoms with Crippen LogP contribution in [0.2, 0.25) is 0 Å². The summed E-state index contributed by atoms with van der Waals surface area (Å²) >= 11 is 0. The highest BCUT2D eigenvalue weighted by atomic mass is 16.4. The van der Waals surface area contributed by atoms with E-state index >= 15 is 0 Å². The topological polar surface area (TPSA) is 60.4 Å². The minimum atomic E-state index is -0.0451. The molecule has 1 fully saturated rings. The van der Waals surface area contributed by atoms with Gasteiger partial charge in [0.1, 0.15) is 18.1 Å². The van der Waals surface area contributed by atoms with Gasteiger partial charge in [-0.1, -0.05) is 0 Å². The second-order valence-corrected chi connectivity index (χ2v) is 4.21. The molecule has 0 bridgehead atoms. The van der Waals surface area contributed by atoms with Crippen molar-refractivity contribution in [1.82, 2.24) is 4.90 Å². The Kier molecular flexibility index (Phi) is 3.60. The maximum absolute atomic E-state index is 8.88. The lowest BCUT2D eigenvalue weighted by Gasteiger charge is -2.28. The summed E-state index contributed by atoms with van der Waals surface area (Å²) in [5.74, 6) is 1.72. The lowest BCUT2D eigenvalue weighted by molar-refractivity contribution is 0.179. The number of hydrogen-bond donors (Lipinski definition) is 1. The van der Waals surface area contributed by atoms with Crippen LogP contribution in [0, 0.1) is 17.2 Å². The maximum Gasteiger partial charge on any atom is 0.129 e. The summed E-state index contributed by atoms with van der Waals surface area (Å²) in [7, 11) is 0. The third-order valence-corrected chi connectivity index (χ3v) is 3.02. The Balaban J connectivity index is 1.85. The molecule has 86 valence electrons. The first-order valence-corrected chi connectivity index (χ1v) is 5.62. The molecule has 2 heterocycles. The standard InChI is InChI=1S/C12H16N2O2/c13-7-10-3-5-14(6-4-10)8-11-1-2-12(9-15)16-11/h1-2,10,15H,3-6,8-9H2. The maximum atomic E-state index is 8.88. The quantitative estimate of drug-likeness (QED) is 0.838. The summed E-state index contributed by atoms with van der Waals surface area (Å²) in [6, 6.07) is 6.03. The number of aliphatic hydroxyl groups is 1. The Morgan fingerprint density at radius 1 is 1.38 bits per heavy atom. The number of rotatable bonds is 3. The molecule has 1 aromatic heterocycles. The van der Waals surface area contributed by atoms with Gasteiger partial charge in [-0.05, 0) is 38.1 Å². The average Bonchev–Trinajstić information content (AvgIpc) is 2.78. The van der Waals surface area contributed by atoms with Crippen LogP contribution in [0.5, 0.6) is 0 Å².